The summed E-state index contributed by atoms with van der Waals surface area (Å²) >= 11 is 5.32. The Morgan fingerprint density at radius 1 is 1.08 bits per heavy atom. The Morgan fingerprint density at radius 2 is 1.88 bits per heavy atom. The van der Waals surface area contributed by atoms with Gasteiger partial charge in [0.15, 0.2) is 10.9 Å². The molecule has 4 nitrogen and oxygen atoms in total. The maximum Gasteiger partial charge on any atom is 0.171 e. The van der Waals surface area contributed by atoms with Crippen LogP contribution in [0.2, 0.25) is 0 Å². The monoisotopic (exact) mass is 364 g/mol. The number of ether oxygens (including phenoxy) is 1. The van der Waals surface area contributed by atoms with Crippen molar-refractivity contribution in [1.82, 2.24) is 10.6 Å². The number of carbonyl (C=O) groups excluding carboxylic acids is 1. The first-order chi connectivity index (χ1) is 12.6. The van der Waals surface area contributed by atoms with Gasteiger partial charge < -0.3 is 15.4 Å². The Hall–Kier alpha value is -2.66. The van der Waals surface area contributed by atoms with Crippen molar-refractivity contribution < 1.29 is 9.53 Å². The molecule has 26 heavy (non-hydrogen) atoms. The minimum Gasteiger partial charge on any atom is -0.457 e. The lowest BCUT2D eigenvalue weighted by Crippen LogP contribution is -2.46. The third-order valence-electron chi connectivity index (χ3n) is 4.72. The van der Waals surface area contributed by atoms with E-state index in [-0.39, 0.29) is 11.8 Å². The van der Waals surface area contributed by atoms with Crippen LogP contribution in [0, 0.1) is 6.92 Å². The van der Waals surface area contributed by atoms with Crippen LogP contribution in [0.3, 0.4) is 0 Å². The Balaban J connectivity index is 1.60. The summed E-state index contributed by atoms with van der Waals surface area (Å²) in [7, 11) is 0. The van der Waals surface area contributed by atoms with E-state index in [4.69, 9.17) is 17.0 Å². The normalized spacial score (nSPS) is 19.5. The zero-order chi connectivity index (χ0) is 18.1. The molecule has 1 unspecified atom stereocenters. The number of rotatable bonds is 3. The summed E-state index contributed by atoms with van der Waals surface area (Å²) in [5.41, 5.74) is 3.95. The van der Waals surface area contributed by atoms with E-state index < -0.39 is 0 Å². The molecule has 0 fully saturated rings. The van der Waals surface area contributed by atoms with E-state index in [0.717, 1.165) is 46.7 Å². The van der Waals surface area contributed by atoms with Crippen LogP contribution in [-0.2, 0) is 4.79 Å². The van der Waals surface area contributed by atoms with Crippen LogP contribution < -0.4 is 15.4 Å². The predicted molar refractivity (Wildman–Crippen MR) is 105 cm³/mol. The molecule has 0 radical (unpaired) electrons. The van der Waals surface area contributed by atoms with Gasteiger partial charge in [-0.2, -0.15) is 0 Å². The van der Waals surface area contributed by atoms with Crippen LogP contribution in [0.5, 0.6) is 11.5 Å². The Bertz CT molecular complexity index is 902. The highest BCUT2D eigenvalue weighted by Gasteiger charge is 2.33. The Morgan fingerprint density at radius 3 is 2.65 bits per heavy atom. The second-order valence-corrected chi connectivity index (χ2v) is 7.10. The fraction of sp³-hybridized carbons (Fsp3) is 0.238. The number of hydrogen-bond donors (Lipinski definition) is 2. The summed E-state index contributed by atoms with van der Waals surface area (Å²) in [6.45, 7) is 2.04. The highest BCUT2D eigenvalue weighted by molar-refractivity contribution is 7.80. The van der Waals surface area contributed by atoms with Crippen molar-refractivity contribution in [2.75, 3.05) is 0 Å². The quantitative estimate of drug-likeness (QED) is 0.795. The number of Topliss-reactive ketones (excluding diaryl/α,β-unsaturated/α-hetero) is 1. The number of nitrogens with one attached hydrogen (secondary N) is 2. The van der Waals surface area contributed by atoms with E-state index in [1.165, 1.54) is 0 Å². The Kier molecular flexibility index (Phi) is 4.47. The van der Waals surface area contributed by atoms with Crippen molar-refractivity contribution >= 4 is 23.1 Å². The topological polar surface area (TPSA) is 50.4 Å². The first kappa shape index (κ1) is 16.8. The molecule has 5 heteroatoms. The van der Waals surface area contributed by atoms with Gasteiger partial charge >= 0.3 is 0 Å². The maximum absolute atomic E-state index is 12.5. The zero-order valence-corrected chi connectivity index (χ0v) is 15.4. The van der Waals surface area contributed by atoms with E-state index in [2.05, 4.69) is 10.6 Å². The summed E-state index contributed by atoms with van der Waals surface area (Å²) < 4.78 is 5.91. The number of hydrogen-bond acceptors (Lipinski definition) is 3. The molecule has 0 saturated carbocycles. The molecule has 2 aromatic rings. The molecule has 2 aliphatic rings. The lowest BCUT2D eigenvalue weighted by molar-refractivity contribution is -0.116. The van der Waals surface area contributed by atoms with Crippen LogP contribution in [0.4, 0.5) is 0 Å². The SMILES string of the molecule is Cc1cccc(Oc2ccc(C3NC(=S)NC4=C3C(=O)CCC4)cc2)c1. The number of ketones is 1. The first-order valence-electron chi connectivity index (χ1n) is 8.78. The summed E-state index contributed by atoms with van der Waals surface area (Å²) in [6, 6.07) is 15.6. The standard InChI is InChI=1S/C21H20N2O2S/c1-13-4-2-5-16(12-13)25-15-10-8-14(9-11-15)20-19-17(22-21(26)23-20)6-3-7-18(19)24/h2,4-5,8-12,20H,3,6-7H2,1H3,(H2,22,23,26). The number of carbonyl (C=O) groups is 1. The van der Waals surface area contributed by atoms with Crippen molar-refractivity contribution in [3.8, 4) is 11.5 Å². The van der Waals surface area contributed by atoms with E-state index in [9.17, 15) is 4.79 Å². The van der Waals surface area contributed by atoms with Gasteiger partial charge in [-0.25, -0.2) is 0 Å². The molecule has 4 rings (SSSR count). The fourth-order valence-corrected chi connectivity index (χ4v) is 3.74. The molecule has 0 saturated heterocycles. The third kappa shape index (κ3) is 3.35. The lowest BCUT2D eigenvalue weighted by atomic mass is 9.85. The van der Waals surface area contributed by atoms with Crippen LogP contribution in [0.25, 0.3) is 0 Å². The molecule has 1 atom stereocenters. The smallest absolute Gasteiger partial charge is 0.171 e. The number of allylic oxidation sites excluding steroid dienone is 1. The van der Waals surface area contributed by atoms with Gasteiger partial charge in [0.1, 0.15) is 11.5 Å². The molecule has 0 amide bonds. The summed E-state index contributed by atoms with van der Waals surface area (Å²) in [5, 5.41) is 6.96. The van der Waals surface area contributed by atoms with E-state index >= 15 is 0 Å². The van der Waals surface area contributed by atoms with Gasteiger partial charge in [-0.1, -0.05) is 24.3 Å². The second-order valence-electron chi connectivity index (χ2n) is 6.69. The van der Waals surface area contributed by atoms with Crippen molar-refractivity contribution in [3.05, 3.63) is 70.9 Å². The van der Waals surface area contributed by atoms with Crippen LogP contribution in [-0.4, -0.2) is 10.9 Å². The van der Waals surface area contributed by atoms with Crippen LogP contribution in [0.15, 0.2) is 59.8 Å². The molecule has 1 aliphatic carbocycles. The number of benzene rings is 2. The van der Waals surface area contributed by atoms with Crippen LogP contribution in [0.1, 0.15) is 36.4 Å². The second kappa shape index (κ2) is 6.92. The molecule has 2 N–H and O–H groups in total. The number of aryl methyl sites for hydroxylation is 1. The fourth-order valence-electron chi connectivity index (χ4n) is 3.50. The summed E-state index contributed by atoms with van der Waals surface area (Å²) in [4.78, 5) is 12.5. The number of thiocarbonyl (C=S) groups is 1. The Labute approximate surface area is 158 Å². The molecule has 132 valence electrons. The van der Waals surface area contributed by atoms with Crippen molar-refractivity contribution in [2.24, 2.45) is 0 Å². The maximum atomic E-state index is 12.5. The third-order valence-corrected chi connectivity index (χ3v) is 4.94. The minimum atomic E-state index is -0.195. The molecule has 0 spiro atoms. The van der Waals surface area contributed by atoms with Gasteiger partial charge in [0.2, 0.25) is 0 Å². The van der Waals surface area contributed by atoms with Crippen molar-refractivity contribution in [1.29, 1.82) is 0 Å². The van der Waals surface area contributed by atoms with Gasteiger partial charge in [0, 0.05) is 17.7 Å². The van der Waals surface area contributed by atoms with E-state index in [1.807, 2.05) is 55.5 Å². The van der Waals surface area contributed by atoms with Gasteiger partial charge in [-0.05, 0) is 67.4 Å². The first-order valence-corrected chi connectivity index (χ1v) is 9.19. The van der Waals surface area contributed by atoms with E-state index in [0.29, 0.717) is 11.5 Å². The highest BCUT2D eigenvalue weighted by Crippen LogP contribution is 2.34. The van der Waals surface area contributed by atoms with Crippen LogP contribution >= 0.6 is 12.2 Å². The predicted octanol–water partition coefficient (Wildman–Crippen LogP) is 4.31. The zero-order valence-electron chi connectivity index (χ0n) is 14.5. The highest BCUT2D eigenvalue weighted by atomic mass is 32.1. The molecule has 2 aromatic carbocycles. The summed E-state index contributed by atoms with van der Waals surface area (Å²) in [5.74, 6) is 1.77. The molecule has 1 heterocycles. The van der Waals surface area contributed by atoms with Gasteiger partial charge in [-0.3, -0.25) is 4.79 Å². The molecular formula is C21H20N2O2S. The molecule has 0 bridgehead atoms. The van der Waals surface area contributed by atoms with Crippen molar-refractivity contribution in [3.63, 3.8) is 0 Å². The van der Waals surface area contributed by atoms with Gasteiger partial charge in [-0.15, -0.1) is 0 Å². The average Bonchev–Trinajstić information content (AvgIpc) is 2.62. The van der Waals surface area contributed by atoms with E-state index in [1.54, 1.807) is 0 Å². The van der Waals surface area contributed by atoms with Gasteiger partial charge in [0.25, 0.3) is 0 Å². The van der Waals surface area contributed by atoms with Gasteiger partial charge in [0.05, 0.1) is 6.04 Å². The lowest BCUT2D eigenvalue weighted by Gasteiger charge is -2.33. The molecular weight excluding hydrogens is 344 g/mol. The average molecular weight is 364 g/mol. The summed E-state index contributed by atoms with van der Waals surface area (Å²) in [6.07, 6.45) is 2.34. The molecule has 0 aromatic heterocycles. The van der Waals surface area contributed by atoms with Crippen molar-refractivity contribution in [2.45, 2.75) is 32.2 Å². The largest absolute Gasteiger partial charge is 0.457 e. The molecule has 1 aliphatic heterocycles. The minimum absolute atomic E-state index is 0.193.